The number of hydrogen-bond acceptors (Lipinski definition) is 7. The van der Waals surface area contributed by atoms with Gasteiger partial charge in [0.15, 0.2) is 5.82 Å². The molecule has 1 rings (SSSR count). The number of carboxylic acid groups (broad SMARTS) is 1. The second-order valence-electron chi connectivity index (χ2n) is 3.33. The molecule has 10 heteroatoms. The Morgan fingerprint density at radius 1 is 1.61 bits per heavy atom. The van der Waals surface area contributed by atoms with Crippen molar-refractivity contribution in [1.29, 1.82) is 0 Å². The molecule has 1 radical (unpaired) electrons. The van der Waals surface area contributed by atoms with Crippen LogP contribution in [0.3, 0.4) is 0 Å². The molecule has 0 bridgehead atoms. The number of nitrogens with two attached hydrogens (primary N) is 1. The Balaban J connectivity index is 0.00000289. The molecule has 4 N–H and O–H groups in total. The summed E-state index contributed by atoms with van der Waals surface area (Å²) in [5.41, 5.74) is 4.11. The van der Waals surface area contributed by atoms with Gasteiger partial charge in [0, 0.05) is 58.4 Å². The molecule has 93 valence electrons. The molecule has 1 heterocycles. The monoisotopic (exact) mass is 280 g/mol. The zero-order chi connectivity index (χ0) is 13.2. The average Bonchev–Trinajstić information content (AvgIpc) is 2.26. The number of aliphatic carboxylic acids is 1. The fourth-order valence-electron chi connectivity index (χ4n) is 1.08. The quantitative estimate of drug-likeness (QED) is 0.487. The number of hydrogen-bond donors (Lipinski definition) is 3. The van der Waals surface area contributed by atoms with E-state index in [0.717, 1.165) is 4.57 Å². The van der Waals surface area contributed by atoms with Gasteiger partial charge in [0.1, 0.15) is 6.04 Å². The van der Waals surface area contributed by atoms with Crippen LogP contribution in [0.1, 0.15) is 6.92 Å². The molecule has 0 aromatic carbocycles. The summed E-state index contributed by atoms with van der Waals surface area (Å²) in [6.45, 7) is 1.37. The minimum atomic E-state index is -1.12. The van der Waals surface area contributed by atoms with Gasteiger partial charge in [0.05, 0.1) is 0 Å². The van der Waals surface area contributed by atoms with Crippen molar-refractivity contribution >= 4 is 74.8 Å². The van der Waals surface area contributed by atoms with E-state index in [1.165, 1.54) is 14.0 Å². The number of rotatable bonds is 4. The van der Waals surface area contributed by atoms with Crippen LogP contribution in [0.15, 0.2) is 9.97 Å². The van der Waals surface area contributed by atoms with Crippen molar-refractivity contribution in [2.45, 2.75) is 13.0 Å². The topological polar surface area (TPSA) is 140 Å². The van der Waals surface area contributed by atoms with E-state index < -0.39 is 23.3 Å². The first-order valence-electron chi connectivity index (χ1n) is 4.57. The third-order valence-corrected chi connectivity index (χ3v) is 2.10. The smallest absolute Gasteiger partial charge is 0.325 e. The van der Waals surface area contributed by atoms with Crippen LogP contribution in [-0.4, -0.2) is 78.1 Å². The summed E-state index contributed by atoms with van der Waals surface area (Å²) in [4.78, 5) is 36.2. The fourth-order valence-corrected chi connectivity index (χ4v) is 1.08. The van der Waals surface area contributed by atoms with E-state index in [1.807, 2.05) is 0 Å². The summed E-state index contributed by atoms with van der Waals surface area (Å²) in [7, 11) is 1.32. The van der Waals surface area contributed by atoms with E-state index in [2.05, 4.69) is 15.5 Å². The first-order valence-corrected chi connectivity index (χ1v) is 4.57. The molecule has 0 spiro atoms. The second-order valence-corrected chi connectivity index (χ2v) is 3.33. The van der Waals surface area contributed by atoms with Crippen molar-refractivity contribution in [2.75, 3.05) is 11.1 Å². The second kappa shape index (κ2) is 6.94. The summed E-state index contributed by atoms with van der Waals surface area (Å²) >= 11 is 0. The van der Waals surface area contributed by atoms with Crippen molar-refractivity contribution < 1.29 is 9.90 Å². The summed E-state index contributed by atoms with van der Waals surface area (Å²) in [5.74, 6) is -1.51. The standard InChI is InChI=1S/C8H11N5O4.K/c1-3(7(15)16)10-8-11-5(9)4(12-17)6(14)13(8)2;/h3H,9H2,1-2H3,(H,10,11)(H,15,16);/t3-;/m0./s1. The third kappa shape index (κ3) is 3.59. The first-order chi connectivity index (χ1) is 7.88. The van der Waals surface area contributed by atoms with Gasteiger partial charge in [-0.05, 0) is 12.1 Å². The van der Waals surface area contributed by atoms with Gasteiger partial charge < -0.3 is 16.2 Å². The number of carbonyl (C=O) groups is 1. The van der Waals surface area contributed by atoms with Crippen LogP contribution in [0.25, 0.3) is 0 Å². The van der Waals surface area contributed by atoms with E-state index in [-0.39, 0.29) is 63.2 Å². The SMILES string of the molecule is C[C@H](Nc1nc(N)c(N=O)c(=O)n1C)C(=O)O.[K]. The maximum Gasteiger partial charge on any atom is 0.325 e. The van der Waals surface area contributed by atoms with Gasteiger partial charge in [0.2, 0.25) is 11.6 Å². The van der Waals surface area contributed by atoms with Crippen LogP contribution < -0.4 is 16.6 Å². The van der Waals surface area contributed by atoms with E-state index in [0.29, 0.717) is 0 Å². The number of anilines is 2. The Morgan fingerprint density at radius 3 is 2.61 bits per heavy atom. The molecule has 0 unspecified atom stereocenters. The maximum absolute atomic E-state index is 11.6. The summed E-state index contributed by atoms with van der Waals surface area (Å²) < 4.78 is 0.965. The summed E-state index contributed by atoms with van der Waals surface area (Å²) in [6.07, 6.45) is 0. The van der Waals surface area contributed by atoms with Gasteiger partial charge in [0.25, 0.3) is 5.56 Å². The molecular formula is C8H11KN5O4. The molecule has 0 fully saturated rings. The average molecular weight is 280 g/mol. The van der Waals surface area contributed by atoms with Crippen LogP contribution in [0, 0.1) is 4.91 Å². The van der Waals surface area contributed by atoms with Gasteiger partial charge in [-0.1, -0.05) is 0 Å². The molecular weight excluding hydrogens is 269 g/mol. The van der Waals surface area contributed by atoms with Crippen LogP contribution in [-0.2, 0) is 11.8 Å². The van der Waals surface area contributed by atoms with Crippen LogP contribution in [0.2, 0.25) is 0 Å². The maximum atomic E-state index is 11.6. The third-order valence-electron chi connectivity index (χ3n) is 2.10. The molecule has 0 saturated carbocycles. The Bertz CT molecular complexity index is 529. The molecule has 0 aliphatic rings. The minimum absolute atomic E-state index is 0. The molecule has 1 atom stereocenters. The van der Waals surface area contributed by atoms with Gasteiger partial charge in [-0.3, -0.25) is 14.2 Å². The largest absolute Gasteiger partial charge is 0.480 e. The van der Waals surface area contributed by atoms with Crippen LogP contribution in [0.4, 0.5) is 17.5 Å². The van der Waals surface area contributed by atoms with Crippen molar-refractivity contribution in [3.05, 3.63) is 15.3 Å². The van der Waals surface area contributed by atoms with Crippen molar-refractivity contribution in [3.8, 4) is 0 Å². The predicted molar refractivity (Wildman–Crippen MR) is 65.8 cm³/mol. The fraction of sp³-hybridized carbons (Fsp3) is 0.375. The Morgan fingerprint density at radius 2 is 2.17 bits per heavy atom. The Hall–Kier alpha value is -0.814. The van der Waals surface area contributed by atoms with Crippen molar-refractivity contribution in [3.63, 3.8) is 0 Å². The van der Waals surface area contributed by atoms with Gasteiger partial charge in [-0.2, -0.15) is 4.98 Å². The number of nitrogen functional groups attached to an aromatic ring is 1. The molecule has 9 nitrogen and oxygen atoms in total. The number of carboxylic acids is 1. The molecule has 18 heavy (non-hydrogen) atoms. The van der Waals surface area contributed by atoms with E-state index in [9.17, 15) is 14.5 Å². The molecule has 0 amide bonds. The van der Waals surface area contributed by atoms with E-state index in [1.54, 1.807) is 0 Å². The molecule has 0 saturated heterocycles. The predicted octanol–water partition coefficient (Wildman–Crippen LogP) is -0.735. The minimum Gasteiger partial charge on any atom is -0.480 e. The van der Waals surface area contributed by atoms with E-state index in [4.69, 9.17) is 10.8 Å². The van der Waals surface area contributed by atoms with Crippen LogP contribution in [0.5, 0.6) is 0 Å². The van der Waals surface area contributed by atoms with Gasteiger partial charge >= 0.3 is 5.97 Å². The van der Waals surface area contributed by atoms with Crippen molar-refractivity contribution in [1.82, 2.24) is 9.55 Å². The number of nitroso groups, excluding NO2 is 1. The molecule has 1 aromatic rings. The molecule has 1 aromatic heterocycles. The zero-order valence-corrected chi connectivity index (χ0v) is 13.3. The Kier molecular flexibility index (Phi) is 6.63. The molecule has 0 aliphatic heterocycles. The zero-order valence-electron chi connectivity index (χ0n) is 10.2. The number of aromatic nitrogens is 2. The van der Waals surface area contributed by atoms with Gasteiger partial charge in [-0.15, -0.1) is 4.91 Å². The summed E-state index contributed by atoms with van der Waals surface area (Å²) in [6, 6.07) is -0.956. The number of nitrogens with zero attached hydrogens (tertiary/aromatic N) is 3. The van der Waals surface area contributed by atoms with Crippen LogP contribution >= 0.6 is 0 Å². The summed E-state index contributed by atoms with van der Waals surface area (Å²) in [5, 5.41) is 13.6. The number of nitrogens with one attached hydrogen (secondary N) is 1. The normalized spacial score (nSPS) is 11.2. The van der Waals surface area contributed by atoms with Gasteiger partial charge in [-0.25, -0.2) is 0 Å². The Labute approximate surface area is 144 Å². The molecule has 0 aliphatic carbocycles. The van der Waals surface area contributed by atoms with Crippen molar-refractivity contribution in [2.24, 2.45) is 12.2 Å². The van der Waals surface area contributed by atoms with E-state index >= 15 is 0 Å². The first kappa shape index (κ1) is 17.2.